The van der Waals surface area contributed by atoms with Crippen molar-refractivity contribution in [1.29, 1.82) is 5.26 Å². The summed E-state index contributed by atoms with van der Waals surface area (Å²) in [5.41, 5.74) is 7.51. The van der Waals surface area contributed by atoms with E-state index in [1.54, 1.807) is 0 Å². The highest BCUT2D eigenvalue weighted by Crippen LogP contribution is 2.25. The van der Waals surface area contributed by atoms with Gasteiger partial charge in [-0.3, -0.25) is 4.99 Å². The number of hydrogen-bond donors (Lipinski definition) is 0. The SMILES string of the molecule is CCCCc1c(C)cccc1/C(C)=C/N=C(\C)c1ccc(OC(C)C)c(C#N)c1. The number of nitrogens with zero attached hydrogens (tertiary/aromatic N) is 2. The van der Waals surface area contributed by atoms with Crippen molar-refractivity contribution in [2.75, 3.05) is 0 Å². The lowest BCUT2D eigenvalue weighted by molar-refractivity contribution is 0.241. The smallest absolute Gasteiger partial charge is 0.137 e. The molecule has 0 spiro atoms. The van der Waals surface area contributed by atoms with Gasteiger partial charge in [0.25, 0.3) is 0 Å². The van der Waals surface area contributed by atoms with Gasteiger partial charge in [-0.1, -0.05) is 31.5 Å². The Labute approximate surface area is 175 Å². The molecular weight excluding hydrogens is 356 g/mol. The molecule has 0 fully saturated rings. The summed E-state index contributed by atoms with van der Waals surface area (Å²) in [5, 5.41) is 9.45. The second kappa shape index (κ2) is 10.6. The number of ether oxygens (including phenoxy) is 1. The minimum atomic E-state index is 0.0320. The minimum absolute atomic E-state index is 0.0320. The molecule has 0 aliphatic carbocycles. The topological polar surface area (TPSA) is 45.4 Å². The molecule has 0 heterocycles. The Morgan fingerprint density at radius 3 is 2.62 bits per heavy atom. The van der Waals surface area contributed by atoms with Crippen LogP contribution in [0.1, 0.15) is 75.3 Å². The molecule has 0 aromatic heterocycles. The Bertz CT molecular complexity index is 946. The van der Waals surface area contributed by atoms with Gasteiger partial charge in [0.2, 0.25) is 0 Å². The molecule has 0 unspecified atom stereocenters. The fourth-order valence-corrected chi connectivity index (χ4v) is 3.29. The number of unbranched alkanes of at least 4 members (excludes halogenated alkanes) is 1. The Morgan fingerprint density at radius 1 is 1.21 bits per heavy atom. The second-order valence-electron chi connectivity index (χ2n) is 7.72. The van der Waals surface area contributed by atoms with E-state index in [1.165, 1.54) is 29.5 Å². The molecule has 0 aliphatic rings. The van der Waals surface area contributed by atoms with E-state index in [-0.39, 0.29) is 6.10 Å². The van der Waals surface area contributed by atoms with Gasteiger partial charge in [0, 0.05) is 11.9 Å². The zero-order valence-electron chi connectivity index (χ0n) is 18.5. The molecule has 0 N–H and O–H groups in total. The molecule has 0 amide bonds. The average Bonchev–Trinajstić information content (AvgIpc) is 2.70. The Morgan fingerprint density at radius 2 is 1.97 bits per heavy atom. The fraction of sp³-hybridized carbons (Fsp3) is 0.385. The maximum Gasteiger partial charge on any atom is 0.137 e. The molecular formula is C26H32N2O. The first kappa shape index (κ1) is 22.4. The van der Waals surface area contributed by atoms with Crippen LogP contribution in [-0.2, 0) is 6.42 Å². The normalized spacial score (nSPS) is 12.2. The van der Waals surface area contributed by atoms with Gasteiger partial charge in [-0.15, -0.1) is 0 Å². The van der Waals surface area contributed by atoms with E-state index in [4.69, 9.17) is 9.73 Å². The van der Waals surface area contributed by atoms with Crippen LogP contribution in [0.15, 0.2) is 47.6 Å². The largest absolute Gasteiger partial charge is 0.490 e. The summed E-state index contributed by atoms with van der Waals surface area (Å²) < 4.78 is 5.71. The van der Waals surface area contributed by atoms with Crippen molar-refractivity contribution in [3.63, 3.8) is 0 Å². The summed E-state index contributed by atoms with van der Waals surface area (Å²) >= 11 is 0. The molecule has 0 saturated carbocycles. The summed E-state index contributed by atoms with van der Waals surface area (Å²) in [6.45, 7) is 12.4. The van der Waals surface area contributed by atoms with E-state index < -0.39 is 0 Å². The first-order valence-corrected chi connectivity index (χ1v) is 10.4. The van der Waals surface area contributed by atoms with E-state index in [0.717, 1.165) is 23.3 Å². The van der Waals surface area contributed by atoms with Crippen LogP contribution >= 0.6 is 0 Å². The molecule has 0 saturated heterocycles. The van der Waals surface area contributed by atoms with Crippen LogP contribution in [0.25, 0.3) is 5.57 Å². The van der Waals surface area contributed by atoms with Gasteiger partial charge in [-0.25, -0.2) is 0 Å². The number of nitriles is 1. The predicted molar refractivity (Wildman–Crippen MR) is 123 cm³/mol. The number of allylic oxidation sites excluding steroid dienone is 1. The maximum atomic E-state index is 9.45. The van der Waals surface area contributed by atoms with Gasteiger partial charge in [0.05, 0.1) is 11.7 Å². The van der Waals surface area contributed by atoms with Gasteiger partial charge in [0.1, 0.15) is 11.8 Å². The van der Waals surface area contributed by atoms with E-state index in [0.29, 0.717) is 11.3 Å². The highest BCUT2D eigenvalue weighted by molar-refractivity contribution is 5.99. The zero-order chi connectivity index (χ0) is 21.4. The predicted octanol–water partition coefficient (Wildman–Crippen LogP) is 6.87. The van der Waals surface area contributed by atoms with Crippen molar-refractivity contribution in [3.05, 3.63) is 70.4 Å². The molecule has 2 aromatic rings. The molecule has 2 rings (SSSR count). The molecule has 0 aliphatic heterocycles. The monoisotopic (exact) mass is 388 g/mol. The summed E-state index contributed by atoms with van der Waals surface area (Å²) in [6.07, 6.45) is 5.43. The van der Waals surface area contributed by atoms with Gasteiger partial charge in [-0.2, -0.15) is 5.26 Å². The first-order valence-electron chi connectivity index (χ1n) is 10.4. The quantitative estimate of drug-likeness (QED) is 0.463. The minimum Gasteiger partial charge on any atom is -0.490 e. The highest BCUT2D eigenvalue weighted by atomic mass is 16.5. The maximum absolute atomic E-state index is 9.45. The third-order valence-corrected chi connectivity index (χ3v) is 4.95. The number of aliphatic imine (C=N–C) groups is 1. The van der Waals surface area contributed by atoms with Crippen LogP contribution in [0.4, 0.5) is 0 Å². The lowest BCUT2D eigenvalue weighted by Crippen LogP contribution is -2.07. The van der Waals surface area contributed by atoms with Crippen molar-refractivity contribution < 1.29 is 4.74 Å². The van der Waals surface area contributed by atoms with Crippen molar-refractivity contribution in [2.45, 2.75) is 66.9 Å². The Balaban J connectivity index is 2.32. The molecule has 0 radical (unpaired) electrons. The van der Waals surface area contributed by atoms with Gasteiger partial charge in [0.15, 0.2) is 0 Å². The first-order chi connectivity index (χ1) is 13.9. The third-order valence-electron chi connectivity index (χ3n) is 4.95. The Kier molecular flexibility index (Phi) is 8.21. The van der Waals surface area contributed by atoms with E-state index >= 15 is 0 Å². The van der Waals surface area contributed by atoms with Crippen molar-refractivity contribution in [1.82, 2.24) is 0 Å². The fourth-order valence-electron chi connectivity index (χ4n) is 3.29. The number of rotatable bonds is 8. The summed E-state index contributed by atoms with van der Waals surface area (Å²) in [6, 6.07) is 14.4. The van der Waals surface area contributed by atoms with Crippen LogP contribution in [0.3, 0.4) is 0 Å². The van der Waals surface area contributed by atoms with Crippen LogP contribution < -0.4 is 4.74 Å². The lowest BCUT2D eigenvalue weighted by Gasteiger charge is -2.13. The number of benzene rings is 2. The van der Waals surface area contributed by atoms with E-state index in [9.17, 15) is 5.26 Å². The molecule has 29 heavy (non-hydrogen) atoms. The summed E-state index contributed by atoms with van der Waals surface area (Å²) in [5.74, 6) is 0.617. The van der Waals surface area contributed by atoms with E-state index in [2.05, 4.69) is 45.0 Å². The number of aryl methyl sites for hydroxylation is 1. The van der Waals surface area contributed by atoms with Gasteiger partial charge >= 0.3 is 0 Å². The average molecular weight is 389 g/mol. The molecule has 2 aromatic carbocycles. The van der Waals surface area contributed by atoms with E-state index in [1.807, 2.05) is 45.2 Å². The van der Waals surface area contributed by atoms with Crippen molar-refractivity contribution in [2.24, 2.45) is 4.99 Å². The van der Waals surface area contributed by atoms with Crippen LogP contribution in [0.5, 0.6) is 5.75 Å². The zero-order valence-corrected chi connectivity index (χ0v) is 18.5. The Hall–Kier alpha value is -2.86. The molecule has 3 heteroatoms. The molecule has 3 nitrogen and oxygen atoms in total. The van der Waals surface area contributed by atoms with Gasteiger partial charge < -0.3 is 4.74 Å². The molecule has 0 bridgehead atoms. The molecule has 152 valence electrons. The standard InChI is InChI=1S/C26H32N2O/c1-7-8-11-24-19(4)10-9-12-25(24)20(5)17-28-21(6)22-13-14-26(29-18(2)3)23(15-22)16-27/h9-10,12-15,17-18H,7-8,11H2,1-6H3/b20-17+,28-21+. The van der Waals surface area contributed by atoms with Crippen molar-refractivity contribution >= 4 is 11.3 Å². The van der Waals surface area contributed by atoms with Crippen LogP contribution in [0, 0.1) is 18.3 Å². The highest BCUT2D eigenvalue weighted by Gasteiger charge is 2.09. The van der Waals surface area contributed by atoms with Crippen molar-refractivity contribution in [3.8, 4) is 11.8 Å². The van der Waals surface area contributed by atoms with Crippen LogP contribution in [0.2, 0.25) is 0 Å². The van der Waals surface area contributed by atoms with Crippen LogP contribution in [-0.4, -0.2) is 11.8 Å². The summed E-state index contributed by atoms with van der Waals surface area (Å²) in [7, 11) is 0. The second-order valence-corrected chi connectivity index (χ2v) is 7.72. The third kappa shape index (κ3) is 6.06. The lowest BCUT2D eigenvalue weighted by atomic mass is 9.93. The summed E-state index contributed by atoms with van der Waals surface area (Å²) in [4.78, 5) is 4.69. The molecule has 0 atom stereocenters. The van der Waals surface area contributed by atoms with Gasteiger partial charge in [-0.05, 0) is 93.5 Å². The number of hydrogen-bond acceptors (Lipinski definition) is 3.